The van der Waals surface area contributed by atoms with Gasteiger partial charge in [-0.05, 0) is 59.9 Å². The van der Waals surface area contributed by atoms with Crippen LogP contribution < -0.4 is 15.1 Å². The van der Waals surface area contributed by atoms with Crippen molar-refractivity contribution in [3.63, 3.8) is 0 Å². The van der Waals surface area contributed by atoms with Gasteiger partial charge in [-0.3, -0.25) is 23.7 Å². The second-order valence-corrected chi connectivity index (χ2v) is 14.5. The normalized spacial score (nSPS) is 19.7. The number of anilines is 2. The molecule has 1 N–H and O–H groups in total. The summed E-state index contributed by atoms with van der Waals surface area (Å²) in [5, 5.41) is 3.17. The average Bonchev–Trinajstić information content (AvgIpc) is 3.40. The number of thiazole rings is 1. The van der Waals surface area contributed by atoms with Crippen LogP contribution in [0.4, 0.5) is 11.4 Å². The first-order valence-corrected chi connectivity index (χ1v) is 16.0. The molecule has 6 rings (SSSR count). The van der Waals surface area contributed by atoms with E-state index in [0.717, 1.165) is 28.0 Å². The van der Waals surface area contributed by atoms with Gasteiger partial charge in [0.1, 0.15) is 11.8 Å². The lowest BCUT2D eigenvalue weighted by Gasteiger charge is -2.31. The van der Waals surface area contributed by atoms with Gasteiger partial charge in [0.25, 0.3) is 0 Å². The van der Waals surface area contributed by atoms with Crippen molar-refractivity contribution >= 4 is 63.8 Å². The van der Waals surface area contributed by atoms with E-state index in [9.17, 15) is 19.2 Å². The Labute approximate surface area is 262 Å². The maximum absolute atomic E-state index is 14.1. The average molecular weight is 632 g/mol. The molecule has 1 aromatic heterocycles. The molecular weight excluding hydrogens is 602 g/mol. The van der Waals surface area contributed by atoms with E-state index < -0.39 is 17.1 Å². The number of nitrogens with zero attached hydrogens (tertiary/aromatic N) is 2. The van der Waals surface area contributed by atoms with Crippen molar-refractivity contribution in [3.8, 4) is 0 Å². The summed E-state index contributed by atoms with van der Waals surface area (Å²) in [6.07, 6.45) is 0. The number of benzene rings is 3. The van der Waals surface area contributed by atoms with Gasteiger partial charge in [-0.25, -0.2) is 4.90 Å². The third kappa shape index (κ3) is 5.46. The number of nitrogens with one attached hydrogen (secondary N) is 1. The van der Waals surface area contributed by atoms with E-state index in [2.05, 4.69) is 26.1 Å². The Morgan fingerprint density at radius 2 is 1.56 bits per heavy atom. The minimum absolute atomic E-state index is 0.0678. The topological polar surface area (TPSA) is 88.5 Å². The lowest BCUT2D eigenvalue weighted by molar-refractivity contribution is -0.122. The van der Waals surface area contributed by atoms with Crippen LogP contribution in [0.2, 0.25) is 5.02 Å². The second kappa shape index (κ2) is 11.1. The van der Waals surface area contributed by atoms with Gasteiger partial charge >= 0.3 is 4.87 Å². The maximum Gasteiger partial charge on any atom is 0.308 e. The molecule has 2 unspecified atom stereocenters. The highest BCUT2D eigenvalue weighted by Gasteiger charge is 2.56. The molecule has 1 fully saturated rings. The van der Waals surface area contributed by atoms with Crippen LogP contribution in [-0.4, -0.2) is 27.5 Å². The third-order valence-electron chi connectivity index (χ3n) is 7.91. The summed E-state index contributed by atoms with van der Waals surface area (Å²) >= 11 is 8.21. The fraction of sp³-hybridized carbons (Fsp3) is 0.273. The zero-order valence-corrected chi connectivity index (χ0v) is 26.5. The lowest BCUT2D eigenvalue weighted by atomic mass is 9.81. The SMILES string of the molecule is Cc1ccc(N2C(=O)C3Sc4c(sc(=O)n4CC(=O)Nc4ccc(Cl)cc4)[C@@H](c4ccc(C(C)(C)C)cc4)C3C2=O)cc1. The predicted octanol–water partition coefficient (Wildman–Crippen LogP) is 6.60. The van der Waals surface area contributed by atoms with E-state index in [-0.39, 0.29) is 34.6 Å². The molecule has 0 bridgehead atoms. The smallest absolute Gasteiger partial charge is 0.308 e. The molecule has 2 aliphatic heterocycles. The molecule has 3 heterocycles. The lowest BCUT2D eigenvalue weighted by Crippen LogP contribution is -2.33. The fourth-order valence-electron chi connectivity index (χ4n) is 5.63. The molecule has 4 aromatic rings. The van der Waals surface area contributed by atoms with Gasteiger partial charge in [0.05, 0.1) is 16.6 Å². The summed E-state index contributed by atoms with van der Waals surface area (Å²) in [7, 11) is 0. The first-order valence-electron chi connectivity index (χ1n) is 13.9. The summed E-state index contributed by atoms with van der Waals surface area (Å²) < 4.78 is 1.43. The summed E-state index contributed by atoms with van der Waals surface area (Å²) in [5.74, 6) is -2.19. The zero-order valence-electron chi connectivity index (χ0n) is 24.1. The number of halogens is 1. The predicted molar refractivity (Wildman–Crippen MR) is 172 cm³/mol. The Hall–Kier alpha value is -3.66. The number of thioether (sulfide) groups is 1. The Morgan fingerprint density at radius 3 is 2.19 bits per heavy atom. The molecule has 7 nitrogen and oxygen atoms in total. The number of imide groups is 1. The number of fused-ring (bicyclic) bond motifs is 2. The largest absolute Gasteiger partial charge is 0.325 e. The summed E-state index contributed by atoms with van der Waals surface area (Å²) in [5.41, 5.74) is 4.03. The van der Waals surface area contributed by atoms with Gasteiger partial charge in [-0.15, -0.1) is 0 Å². The molecule has 220 valence electrons. The van der Waals surface area contributed by atoms with Crippen LogP contribution in [0.5, 0.6) is 0 Å². The van der Waals surface area contributed by atoms with E-state index in [1.54, 1.807) is 36.4 Å². The van der Waals surface area contributed by atoms with Gasteiger partial charge in [-0.2, -0.15) is 0 Å². The van der Waals surface area contributed by atoms with Crippen molar-refractivity contribution in [3.05, 3.63) is 109 Å². The molecule has 3 amide bonds. The molecule has 0 saturated carbocycles. The van der Waals surface area contributed by atoms with E-state index >= 15 is 0 Å². The summed E-state index contributed by atoms with van der Waals surface area (Å²) in [4.78, 5) is 56.1. The van der Waals surface area contributed by atoms with Gasteiger partial charge in [0.15, 0.2) is 0 Å². The molecule has 3 atom stereocenters. The molecule has 0 radical (unpaired) electrons. The van der Waals surface area contributed by atoms with Gasteiger partial charge in [0.2, 0.25) is 17.7 Å². The van der Waals surface area contributed by atoms with Crippen LogP contribution in [0, 0.1) is 12.8 Å². The number of carbonyl (C=O) groups is 3. The number of hydrogen-bond donors (Lipinski definition) is 1. The van der Waals surface area contributed by atoms with Crippen LogP contribution in [0.1, 0.15) is 48.3 Å². The molecule has 0 aliphatic carbocycles. The number of aryl methyl sites for hydroxylation is 1. The van der Waals surface area contributed by atoms with Crippen LogP contribution in [-0.2, 0) is 26.3 Å². The van der Waals surface area contributed by atoms with Crippen LogP contribution in [0.3, 0.4) is 0 Å². The number of hydrogen-bond acceptors (Lipinski definition) is 6. The summed E-state index contributed by atoms with van der Waals surface area (Å²) in [6.45, 7) is 8.12. The fourth-order valence-corrected chi connectivity index (χ4v) is 8.53. The van der Waals surface area contributed by atoms with Crippen LogP contribution >= 0.6 is 34.7 Å². The third-order valence-corrected chi connectivity index (χ3v) is 10.8. The van der Waals surface area contributed by atoms with Gasteiger partial charge in [0, 0.05) is 21.5 Å². The molecule has 10 heteroatoms. The van der Waals surface area contributed by atoms with Crippen LogP contribution in [0.25, 0.3) is 0 Å². The Morgan fingerprint density at radius 1 is 0.907 bits per heavy atom. The van der Waals surface area contributed by atoms with Crippen molar-refractivity contribution < 1.29 is 14.4 Å². The molecule has 1 saturated heterocycles. The minimum atomic E-state index is -0.742. The maximum atomic E-state index is 14.1. The highest BCUT2D eigenvalue weighted by atomic mass is 35.5. The highest BCUT2D eigenvalue weighted by Crippen LogP contribution is 2.54. The van der Waals surface area contributed by atoms with Crippen molar-refractivity contribution in [1.82, 2.24) is 4.57 Å². The van der Waals surface area contributed by atoms with Crippen molar-refractivity contribution in [1.29, 1.82) is 0 Å². The Kier molecular flexibility index (Phi) is 7.61. The number of carbonyl (C=O) groups excluding carboxylic acids is 3. The van der Waals surface area contributed by atoms with Crippen molar-refractivity contribution in [2.45, 2.75) is 55.8 Å². The van der Waals surface area contributed by atoms with Gasteiger partial charge in [-0.1, -0.05) is 97.4 Å². The van der Waals surface area contributed by atoms with Crippen LogP contribution in [0.15, 0.2) is 82.6 Å². The zero-order chi connectivity index (χ0) is 30.6. The number of rotatable bonds is 5. The Bertz CT molecular complexity index is 1790. The molecular formula is C33H30ClN3O4S2. The highest BCUT2D eigenvalue weighted by molar-refractivity contribution is 8.00. The standard InChI is InChI=1S/C33H30ClN3O4S2/c1-18-5-15-23(16-6-18)37-29(39)26-25(19-7-9-20(10-8-19)33(2,3)4)28-31(42-27(26)30(37)40)36(32(41)43-28)17-24(38)35-22-13-11-21(34)12-14-22/h5-16,25-27H,17H2,1-4H3,(H,35,38)/t25-,26?,27?/m0/s1. The quantitative estimate of drug-likeness (QED) is 0.251. The molecule has 2 aliphatic rings. The first-order chi connectivity index (χ1) is 20.4. The van der Waals surface area contributed by atoms with Gasteiger partial charge < -0.3 is 5.32 Å². The second-order valence-electron chi connectivity index (χ2n) is 11.9. The van der Waals surface area contributed by atoms with E-state index in [1.807, 2.05) is 43.3 Å². The van der Waals surface area contributed by atoms with Crippen molar-refractivity contribution in [2.75, 3.05) is 10.2 Å². The van der Waals surface area contributed by atoms with Crippen molar-refractivity contribution in [2.24, 2.45) is 5.92 Å². The monoisotopic (exact) mass is 631 g/mol. The molecule has 0 spiro atoms. The van der Waals surface area contributed by atoms with E-state index in [4.69, 9.17) is 11.6 Å². The molecule has 3 aromatic carbocycles. The minimum Gasteiger partial charge on any atom is -0.325 e. The summed E-state index contributed by atoms with van der Waals surface area (Å²) in [6, 6.07) is 22.1. The Balaban J connectivity index is 1.41. The number of amides is 3. The molecule has 43 heavy (non-hydrogen) atoms. The first kappa shape index (κ1) is 29.4. The van der Waals surface area contributed by atoms with E-state index in [0.29, 0.717) is 26.3 Å². The number of aromatic nitrogens is 1. The van der Waals surface area contributed by atoms with E-state index in [1.165, 1.54) is 21.2 Å².